The quantitative estimate of drug-likeness (QED) is 0.576. The third-order valence-corrected chi connectivity index (χ3v) is 5.43. The van der Waals surface area contributed by atoms with Crippen LogP contribution in [-0.2, 0) is 6.54 Å². The highest BCUT2D eigenvalue weighted by Crippen LogP contribution is 2.23. The summed E-state index contributed by atoms with van der Waals surface area (Å²) < 4.78 is 0. The number of anilines is 1. The van der Waals surface area contributed by atoms with Gasteiger partial charge in [-0.25, -0.2) is 0 Å². The molecule has 0 aromatic heterocycles. The van der Waals surface area contributed by atoms with Crippen molar-refractivity contribution in [3.05, 3.63) is 100 Å². The summed E-state index contributed by atoms with van der Waals surface area (Å²) in [6.45, 7) is 4.36. The lowest BCUT2D eigenvalue weighted by Gasteiger charge is -2.36. The average molecular weight is 440 g/mol. The van der Waals surface area contributed by atoms with Gasteiger partial charge in [-0.3, -0.25) is 4.90 Å². The van der Waals surface area contributed by atoms with Gasteiger partial charge in [-0.05, 0) is 48.0 Å². The average Bonchev–Trinajstić information content (AvgIpc) is 2.85. The summed E-state index contributed by atoms with van der Waals surface area (Å²) in [5, 5.41) is 28.0. The SMILES string of the molecule is Clc1ccccc1.N#Cc1ccc(CN2CCN(c3ccc(C#N)cc3C#N)CC2)cc1. The van der Waals surface area contributed by atoms with E-state index in [1.54, 1.807) is 12.1 Å². The Morgan fingerprint density at radius 2 is 1.34 bits per heavy atom. The molecule has 1 fully saturated rings. The highest BCUT2D eigenvalue weighted by Gasteiger charge is 2.19. The van der Waals surface area contributed by atoms with Gasteiger partial charge in [-0.2, -0.15) is 15.8 Å². The van der Waals surface area contributed by atoms with Crippen molar-refractivity contribution in [1.29, 1.82) is 15.8 Å². The molecule has 3 aromatic rings. The van der Waals surface area contributed by atoms with E-state index in [2.05, 4.69) is 28.0 Å². The van der Waals surface area contributed by atoms with E-state index < -0.39 is 0 Å². The van der Waals surface area contributed by atoms with Crippen LogP contribution >= 0.6 is 11.6 Å². The van der Waals surface area contributed by atoms with Gasteiger partial charge in [0.15, 0.2) is 0 Å². The van der Waals surface area contributed by atoms with E-state index in [1.165, 1.54) is 5.56 Å². The Bertz CT molecular complexity index is 1150. The molecular formula is C26H22ClN5. The van der Waals surface area contributed by atoms with Crippen molar-refractivity contribution in [3.63, 3.8) is 0 Å². The summed E-state index contributed by atoms with van der Waals surface area (Å²) >= 11 is 5.54. The van der Waals surface area contributed by atoms with E-state index in [1.807, 2.05) is 60.7 Å². The molecule has 0 bridgehead atoms. The molecule has 0 amide bonds. The first-order chi connectivity index (χ1) is 15.6. The lowest BCUT2D eigenvalue weighted by atomic mass is 10.1. The zero-order chi connectivity index (χ0) is 22.8. The molecule has 1 aliphatic rings. The van der Waals surface area contributed by atoms with Gasteiger partial charge in [0.25, 0.3) is 0 Å². The lowest BCUT2D eigenvalue weighted by molar-refractivity contribution is 0.250. The van der Waals surface area contributed by atoms with Crippen LogP contribution in [0.5, 0.6) is 0 Å². The molecule has 0 saturated carbocycles. The number of halogens is 1. The third kappa shape index (κ3) is 6.34. The van der Waals surface area contributed by atoms with E-state index in [0.717, 1.165) is 43.4 Å². The van der Waals surface area contributed by atoms with Crippen LogP contribution in [0.15, 0.2) is 72.8 Å². The first kappa shape index (κ1) is 22.9. The van der Waals surface area contributed by atoms with Crippen molar-refractivity contribution < 1.29 is 0 Å². The first-order valence-electron chi connectivity index (χ1n) is 10.2. The maximum atomic E-state index is 9.34. The van der Waals surface area contributed by atoms with Crippen molar-refractivity contribution in [1.82, 2.24) is 4.90 Å². The monoisotopic (exact) mass is 439 g/mol. The summed E-state index contributed by atoms with van der Waals surface area (Å²) in [6.07, 6.45) is 0. The van der Waals surface area contributed by atoms with Crippen molar-refractivity contribution in [2.24, 2.45) is 0 Å². The second kappa shape index (κ2) is 11.5. The summed E-state index contributed by atoms with van der Waals surface area (Å²) in [4.78, 5) is 4.57. The Labute approximate surface area is 193 Å². The van der Waals surface area contributed by atoms with E-state index in [-0.39, 0.29) is 0 Å². The number of piperazine rings is 1. The Hall–Kier alpha value is -3.82. The van der Waals surface area contributed by atoms with E-state index in [4.69, 9.17) is 22.1 Å². The molecule has 0 aliphatic carbocycles. The van der Waals surface area contributed by atoms with Crippen LogP contribution in [0.1, 0.15) is 22.3 Å². The molecule has 5 nitrogen and oxygen atoms in total. The van der Waals surface area contributed by atoms with Crippen LogP contribution in [0, 0.1) is 34.0 Å². The molecule has 0 unspecified atom stereocenters. The molecular weight excluding hydrogens is 418 g/mol. The molecule has 6 heteroatoms. The normalized spacial score (nSPS) is 13.1. The Morgan fingerprint density at radius 1 is 0.719 bits per heavy atom. The van der Waals surface area contributed by atoms with Crippen molar-refractivity contribution in [3.8, 4) is 18.2 Å². The topological polar surface area (TPSA) is 77.8 Å². The van der Waals surface area contributed by atoms with Crippen LogP contribution in [0.3, 0.4) is 0 Å². The molecule has 0 atom stereocenters. The number of nitriles is 3. The second-order valence-corrected chi connectivity index (χ2v) is 7.76. The summed E-state index contributed by atoms with van der Waals surface area (Å²) in [7, 11) is 0. The number of hydrogen-bond acceptors (Lipinski definition) is 5. The highest BCUT2D eigenvalue weighted by molar-refractivity contribution is 6.30. The largest absolute Gasteiger partial charge is 0.368 e. The van der Waals surface area contributed by atoms with Gasteiger partial charge in [0.2, 0.25) is 0 Å². The number of rotatable bonds is 3. The standard InChI is InChI=1S/C20H17N5.C6H5Cl/c21-12-16-1-3-17(4-2-16)15-24-7-9-25(10-8-24)20-6-5-18(13-22)11-19(20)14-23;7-6-4-2-1-3-5-6/h1-6,11H,7-10,15H2;1-5H. The van der Waals surface area contributed by atoms with Crippen LogP contribution in [0.2, 0.25) is 5.02 Å². The predicted molar refractivity (Wildman–Crippen MR) is 126 cm³/mol. The Balaban J connectivity index is 0.000000352. The first-order valence-corrected chi connectivity index (χ1v) is 10.6. The fraction of sp³-hybridized carbons (Fsp3) is 0.192. The zero-order valence-corrected chi connectivity index (χ0v) is 18.3. The van der Waals surface area contributed by atoms with Gasteiger partial charge in [0.1, 0.15) is 6.07 Å². The molecule has 158 valence electrons. The number of hydrogen-bond donors (Lipinski definition) is 0. The van der Waals surface area contributed by atoms with Crippen LogP contribution in [0.25, 0.3) is 0 Å². The molecule has 1 heterocycles. The molecule has 0 radical (unpaired) electrons. The molecule has 32 heavy (non-hydrogen) atoms. The van der Waals surface area contributed by atoms with E-state index >= 15 is 0 Å². The second-order valence-electron chi connectivity index (χ2n) is 7.32. The van der Waals surface area contributed by atoms with E-state index in [0.29, 0.717) is 16.7 Å². The van der Waals surface area contributed by atoms with Crippen molar-refractivity contribution in [2.75, 3.05) is 31.1 Å². The van der Waals surface area contributed by atoms with Crippen LogP contribution < -0.4 is 4.90 Å². The maximum Gasteiger partial charge on any atom is 0.101 e. The van der Waals surface area contributed by atoms with Crippen molar-refractivity contribution >= 4 is 17.3 Å². The predicted octanol–water partition coefficient (Wildman–Crippen LogP) is 4.96. The third-order valence-electron chi connectivity index (χ3n) is 5.18. The molecule has 1 saturated heterocycles. The lowest BCUT2D eigenvalue weighted by Crippen LogP contribution is -2.46. The maximum absolute atomic E-state index is 9.34. The van der Waals surface area contributed by atoms with Crippen LogP contribution in [0.4, 0.5) is 5.69 Å². The summed E-state index contributed by atoms with van der Waals surface area (Å²) in [5.74, 6) is 0. The smallest absolute Gasteiger partial charge is 0.101 e. The van der Waals surface area contributed by atoms with Gasteiger partial charge in [-0.1, -0.05) is 41.9 Å². The van der Waals surface area contributed by atoms with E-state index in [9.17, 15) is 5.26 Å². The summed E-state index contributed by atoms with van der Waals surface area (Å²) in [6, 6.07) is 28.8. The molecule has 3 aromatic carbocycles. The van der Waals surface area contributed by atoms with Gasteiger partial charge in [0, 0.05) is 37.7 Å². The van der Waals surface area contributed by atoms with Gasteiger partial charge >= 0.3 is 0 Å². The van der Waals surface area contributed by atoms with Gasteiger partial charge in [0.05, 0.1) is 34.5 Å². The fourth-order valence-corrected chi connectivity index (χ4v) is 3.62. The van der Waals surface area contributed by atoms with Gasteiger partial charge < -0.3 is 4.90 Å². The highest BCUT2D eigenvalue weighted by atomic mass is 35.5. The minimum Gasteiger partial charge on any atom is -0.368 e. The minimum atomic E-state index is 0.514. The Kier molecular flexibility index (Phi) is 8.24. The Morgan fingerprint density at radius 3 is 1.88 bits per heavy atom. The molecule has 4 rings (SSSR count). The van der Waals surface area contributed by atoms with Gasteiger partial charge in [-0.15, -0.1) is 0 Å². The molecule has 0 N–H and O–H groups in total. The number of benzene rings is 3. The number of nitrogens with zero attached hydrogens (tertiary/aromatic N) is 5. The molecule has 0 spiro atoms. The molecule has 1 aliphatic heterocycles. The minimum absolute atomic E-state index is 0.514. The van der Waals surface area contributed by atoms with Crippen LogP contribution in [-0.4, -0.2) is 31.1 Å². The zero-order valence-electron chi connectivity index (χ0n) is 17.6. The summed E-state index contributed by atoms with van der Waals surface area (Å²) in [5.41, 5.74) is 3.85. The van der Waals surface area contributed by atoms with Crippen molar-refractivity contribution in [2.45, 2.75) is 6.54 Å². The fourth-order valence-electron chi connectivity index (χ4n) is 3.48.